The van der Waals surface area contributed by atoms with E-state index in [4.69, 9.17) is 36.5 Å². The predicted molar refractivity (Wildman–Crippen MR) is 441 cm³/mol. The second-order valence-corrected chi connectivity index (χ2v) is 28.3. The van der Waals surface area contributed by atoms with E-state index < -0.39 is 11.9 Å². The lowest BCUT2D eigenvalue weighted by molar-refractivity contribution is -0.926. The van der Waals surface area contributed by atoms with Gasteiger partial charge in [0.25, 0.3) is 0 Å². The van der Waals surface area contributed by atoms with E-state index in [2.05, 4.69) is 109 Å². The van der Waals surface area contributed by atoms with Gasteiger partial charge in [0.1, 0.15) is 78.9 Å². The lowest BCUT2D eigenvalue weighted by Gasteiger charge is -2.37. The Labute approximate surface area is 648 Å². The molecule has 0 saturated heterocycles. The van der Waals surface area contributed by atoms with Gasteiger partial charge in [-0.1, -0.05) is 155 Å². The van der Waals surface area contributed by atoms with Crippen molar-refractivity contribution < 1.29 is 84.1 Å². The molecule has 0 heterocycles. The standard InChI is InChI=1S/C20H32NO2.C19H30NO2.C17H26NO2.C14H20NO2.C11H20NO2.C8H14NO2/c1-4-7-16-21(6-3,15-5-2)17-18-23-20(22)14-13-19-11-9-8-10-12-19;1-4-14-20(6-3,15-5-2)16-17-22-19(21)13-12-18-10-8-7-9-11-18;1-4-18(5-2,6-3)14-15-20-17(19)13-12-16-10-8-7-9-11-16;1-15(2,3)11-12-17-14(16)10-9-13-7-5-4-6-8-13;1-5-11(13)14-10-9-12(6-2,7-3)8-4;1-5-8(10)11-7-6-9(2,3)4/h8-14H,4-7,15-18H2,1-3H3;7-13H,4-6,14-17H2,1-3H3;7-13H,4-6,14-15H2,1-3H3;4-10H,11-12H2,1-3H3;1H,6-10H2,2-4H3;1H,6-7H2,2-4H3/q6*+1/b14-13+;2*13-12+;10-9+;;. The molecule has 0 aliphatic heterocycles. The molecule has 594 valence electrons. The van der Waals surface area contributed by atoms with Gasteiger partial charge < -0.3 is 55.3 Å². The summed E-state index contributed by atoms with van der Waals surface area (Å²) in [4.78, 5) is 67.8. The van der Waals surface area contributed by atoms with Crippen molar-refractivity contribution in [1.29, 1.82) is 0 Å². The normalized spacial score (nSPS) is 11.9. The van der Waals surface area contributed by atoms with Crippen molar-refractivity contribution in [3.8, 4) is 24.7 Å². The van der Waals surface area contributed by atoms with E-state index >= 15 is 0 Å². The highest BCUT2D eigenvalue weighted by atomic mass is 16.6. The number of carbonyl (C=O) groups is 6. The maximum absolute atomic E-state index is 11.8. The molecule has 0 spiro atoms. The van der Waals surface area contributed by atoms with Gasteiger partial charge in [0.15, 0.2) is 0 Å². The number of carbonyl (C=O) groups excluding carboxylic acids is 6. The number of nitrogens with zero attached hydrogens (tertiary/aromatic N) is 6. The van der Waals surface area contributed by atoms with Crippen molar-refractivity contribution in [2.24, 2.45) is 0 Å². The van der Waals surface area contributed by atoms with Crippen LogP contribution in [-0.2, 0) is 57.2 Å². The lowest BCUT2D eigenvalue weighted by atomic mass is 10.2. The molecule has 0 aromatic heterocycles. The Kier molecular flexibility index (Phi) is 56.9. The third-order valence-electron chi connectivity index (χ3n) is 18.8. The number of hydrogen-bond donors (Lipinski definition) is 0. The zero-order chi connectivity index (χ0) is 80.7. The minimum absolute atomic E-state index is 0.255. The summed E-state index contributed by atoms with van der Waals surface area (Å²) in [5.74, 6) is 1.60. The molecule has 0 aliphatic rings. The Morgan fingerprint density at radius 1 is 0.290 bits per heavy atom. The number of hydrogen-bond acceptors (Lipinski definition) is 12. The summed E-state index contributed by atoms with van der Waals surface area (Å²) in [6.45, 7) is 47.4. The number of ether oxygens (including phenoxy) is 6. The van der Waals surface area contributed by atoms with Crippen LogP contribution < -0.4 is 0 Å². The Balaban J connectivity index is 0. The van der Waals surface area contributed by atoms with Crippen LogP contribution in [-0.4, -0.2) is 262 Å². The van der Waals surface area contributed by atoms with Crippen molar-refractivity contribution in [2.75, 3.05) is 200 Å². The topological polar surface area (TPSA) is 158 Å². The average Bonchev–Trinajstić information content (AvgIpc) is 0.884. The molecular weight excluding hydrogens is 1350 g/mol. The summed E-state index contributed by atoms with van der Waals surface area (Å²) < 4.78 is 36.3. The molecule has 4 aromatic carbocycles. The molecule has 1 atom stereocenters. The number of unbranched alkanes of at least 4 members (excludes halogenated alkanes) is 1. The monoisotopic (exact) mass is 1490 g/mol. The summed E-state index contributed by atoms with van der Waals surface area (Å²) in [5.41, 5.74) is 4.02. The van der Waals surface area contributed by atoms with E-state index in [9.17, 15) is 28.8 Å². The Morgan fingerprint density at radius 2 is 0.505 bits per heavy atom. The summed E-state index contributed by atoms with van der Waals surface area (Å²) in [5, 5.41) is 0. The maximum atomic E-state index is 11.8. The maximum Gasteiger partial charge on any atom is 0.384 e. The first kappa shape index (κ1) is 101. The van der Waals surface area contributed by atoms with Crippen LogP contribution in [0, 0.1) is 24.7 Å². The van der Waals surface area contributed by atoms with Crippen LogP contribution in [0.2, 0.25) is 0 Å². The Bertz CT molecular complexity index is 3170. The number of likely N-dealkylation sites (N-methyl/N-ethyl adjacent to an activating group) is 6. The molecule has 0 N–H and O–H groups in total. The van der Waals surface area contributed by atoms with Gasteiger partial charge in [-0.15, -0.1) is 12.8 Å². The number of rotatable bonds is 43. The number of quaternary nitrogens is 6. The van der Waals surface area contributed by atoms with E-state index in [0.29, 0.717) is 39.6 Å². The molecule has 18 nitrogen and oxygen atoms in total. The summed E-state index contributed by atoms with van der Waals surface area (Å²) in [6.07, 6.45) is 28.7. The van der Waals surface area contributed by atoms with Crippen molar-refractivity contribution in [1.82, 2.24) is 0 Å². The number of benzene rings is 4. The zero-order valence-corrected chi connectivity index (χ0v) is 69.4. The van der Waals surface area contributed by atoms with Crippen LogP contribution in [0.4, 0.5) is 0 Å². The SMILES string of the molecule is C#CC(=O)OCC[N+](C)(C)C.C#CC(=O)OCC[N+](CC)(CC)CC.CCCC[N+](CC)(CCC)CCOC(=O)/C=C/c1ccccc1.CCC[N+](CC)(CCC)CCOC(=O)/C=C/c1ccccc1.CC[N+](CC)(CC)CCOC(=O)/C=C/c1ccccc1.C[N+](C)(C)CCOC(=O)/C=C/c1ccccc1. The molecule has 18 heteroatoms. The Morgan fingerprint density at radius 3 is 0.720 bits per heavy atom. The highest BCUT2D eigenvalue weighted by Gasteiger charge is 2.26. The first-order valence-electron chi connectivity index (χ1n) is 38.9. The van der Waals surface area contributed by atoms with Gasteiger partial charge in [-0.25, -0.2) is 28.8 Å². The third kappa shape index (κ3) is 52.2. The van der Waals surface area contributed by atoms with Gasteiger partial charge in [0.2, 0.25) is 0 Å². The van der Waals surface area contributed by atoms with E-state index in [1.165, 1.54) is 50.1 Å². The second-order valence-electron chi connectivity index (χ2n) is 28.3. The highest BCUT2D eigenvalue weighted by molar-refractivity contribution is 5.89. The van der Waals surface area contributed by atoms with Gasteiger partial charge in [-0.05, 0) is 128 Å². The first-order chi connectivity index (χ1) is 51.0. The fourth-order valence-electron chi connectivity index (χ4n) is 11.2. The lowest BCUT2D eigenvalue weighted by Crippen LogP contribution is -2.51. The van der Waals surface area contributed by atoms with Gasteiger partial charge >= 0.3 is 35.8 Å². The number of terminal acetylenes is 2. The van der Waals surface area contributed by atoms with Gasteiger partial charge in [-0.3, -0.25) is 0 Å². The van der Waals surface area contributed by atoms with Gasteiger partial charge in [-0.2, -0.15) is 0 Å². The van der Waals surface area contributed by atoms with E-state index in [0.717, 1.165) is 173 Å². The molecule has 0 bridgehead atoms. The van der Waals surface area contributed by atoms with Crippen LogP contribution in [0.1, 0.15) is 137 Å². The van der Waals surface area contributed by atoms with Crippen LogP contribution in [0.25, 0.3) is 24.3 Å². The smallest absolute Gasteiger partial charge is 0.384 e. The van der Waals surface area contributed by atoms with Crippen molar-refractivity contribution in [2.45, 2.75) is 115 Å². The molecular formula is C89H142N6O12+6. The molecule has 0 saturated carbocycles. The predicted octanol–water partition coefficient (Wildman–Crippen LogP) is 14.2. The van der Waals surface area contributed by atoms with Crippen LogP contribution in [0.3, 0.4) is 0 Å². The molecule has 107 heavy (non-hydrogen) atoms. The fraction of sp³-hybridized carbons (Fsp3) is 0.528. The van der Waals surface area contributed by atoms with Crippen LogP contribution >= 0.6 is 0 Å². The largest absolute Gasteiger partial charge is 0.457 e. The minimum atomic E-state index is -0.585. The van der Waals surface area contributed by atoms with Crippen molar-refractivity contribution >= 4 is 60.1 Å². The average molecular weight is 1490 g/mol. The minimum Gasteiger partial charge on any atom is -0.457 e. The molecule has 0 amide bonds. The summed E-state index contributed by atoms with van der Waals surface area (Å²) in [6, 6.07) is 39.0. The second kappa shape index (κ2) is 60.5. The van der Waals surface area contributed by atoms with E-state index in [1.807, 2.05) is 154 Å². The van der Waals surface area contributed by atoms with Gasteiger partial charge in [0, 0.05) is 36.1 Å². The first-order valence-corrected chi connectivity index (χ1v) is 38.9. The summed E-state index contributed by atoms with van der Waals surface area (Å²) >= 11 is 0. The number of esters is 6. The van der Waals surface area contributed by atoms with Crippen LogP contribution in [0.5, 0.6) is 0 Å². The quantitative estimate of drug-likeness (QED) is 0.0103. The molecule has 1 unspecified atom stereocenters. The third-order valence-corrected chi connectivity index (χ3v) is 18.8. The van der Waals surface area contributed by atoms with Gasteiger partial charge in [0.05, 0.1) is 121 Å². The molecule has 4 aromatic rings. The molecule has 0 aliphatic carbocycles. The summed E-state index contributed by atoms with van der Waals surface area (Å²) in [7, 11) is 12.2. The van der Waals surface area contributed by atoms with Crippen molar-refractivity contribution in [3.05, 3.63) is 168 Å². The van der Waals surface area contributed by atoms with Crippen LogP contribution in [0.15, 0.2) is 146 Å². The fourth-order valence-corrected chi connectivity index (χ4v) is 11.2. The molecule has 0 radical (unpaired) electrons. The molecule has 0 fully saturated rings. The zero-order valence-electron chi connectivity index (χ0n) is 69.4. The van der Waals surface area contributed by atoms with E-state index in [1.54, 1.807) is 24.3 Å². The highest BCUT2D eigenvalue weighted by Crippen LogP contribution is 2.14. The van der Waals surface area contributed by atoms with E-state index in [-0.39, 0.29) is 23.9 Å². The molecule has 4 rings (SSSR count). The Hall–Kier alpha value is -8.46. The van der Waals surface area contributed by atoms with Crippen molar-refractivity contribution in [3.63, 3.8) is 0 Å².